The first kappa shape index (κ1) is 32.0. The largest absolute Gasteiger partial charge is 0.393 e. The minimum absolute atomic E-state index is 0.0243. The molecule has 1 amide bonds. The molecule has 230 valence electrons. The van der Waals surface area contributed by atoms with Crippen LogP contribution in [0.3, 0.4) is 0 Å². The van der Waals surface area contributed by atoms with Crippen molar-refractivity contribution in [2.45, 2.75) is 124 Å². The molecule has 0 saturated heterocycles. The van der Waals surface area contributed by atoms with Gasteiger partial charge in [-0.1, -0.05) is 32.4 Å². The van der Waals surface area contributed by atoms with Gasteiger partial charge in [0.1, 0.15) is 17.5 Å². The van der Waals surface area contributed by atoms with Crippen molar-refractivity contribution in [1.29, 1.82) is 0 Å². The van der Waals surface area contributed by atoms with Gasteiger partial charge in [0.15, 0.2) is 11.6 Å². The second-order valence-electron chi connectivity index (χ2n) is 15.4. The van der Waals surface area contributed by atoms with Crippen LogP contribution in [0, 0.1) is 39.4 Å². The number of aliphatic hydroxyl groups excluding tert-OH is 2. The van der Waals surface area contributed by atoms with Crippen LogP contribution in [0.2, 0.25) is 0 Å². The van der Waals surface area contributed by atoms with E-state index < -0.39 is 68.7 Å². The Balaban J connectivity index is 1.75. The minimum atomic E-state index is -2.05. The third-order valence-electron chi connectivity index (χ3n) is 12.2. The van der Waals surface area contributed by atoms with Gasteiger partial charge in [-0.2, -0.15) is 0 Å². The van der Waals surface area contributed by atoms with E-state index >= 15 is 0 Å². The SMILES string of the molecule is CC(=O)N[C@H](CC(=O)[C@](C)(O)[C@H]1[C@H](O)C[C@@]2(C)[C@@H]3CC=C4[C@@H](C[C@H](O)C(=O)C4(C)C)[C@]3(C)C(=O)C[C@]12C)C(C)(C)O. The Morgan fingerprint density at radius 3 is 2.17 bits per heavy atom. The molecule has 0 aromatic heterocycles. The fraction of sp³-hybridized carbons (Fsp3) is 0.812. The average Bonchev–Trinajstić information content (AvgIpc) is 3.02. The number of Topliss-reactive ketones (excluding diaryl/α,β-unsaturated/α-hetero) is 3. The van der Waals surface area contributed by atoms with Crippen LogP contribution in [-0.4, -0.2) is 73.1 Å². The Bertz CT molecular complexity index is 1200. The van der Waals surface area contributed by atoms with E-state index in [2.05, 4.69) is 11.4 Å². The van der Waals surface area contributed by atoms with Gasteiger partial charge in [0.25, 0.3) is 0 Å². The van der Waals surface area contributed by atoms with E-state index in [1.165, 1.54) is 27.7 Å². The standard InChI is InChI=1S/C32H49NO8/c1-16(34)33-22(28(4,5)40)13-23(37)32(9,41)25-20(36)14-29(6)21-11-10-17-18(12-19(35)26(39)27(17,2)3)31(21,8)24(38)15-30(25,29)7/h10,18-22,25,35-36,40-41H,11-15H2,1-9H3,(H,33,34)/t18-,19+,20-,21+,22-,25+,29+,30-,31+,32+/m1/s1. The average molecular weight is 576 g/mol. The molecule has 0 radical (unpaired) electrons. The predicted octanol–water partition coefficient (Wildman–Crippen LogP) is 2.27. The Morgan fingerprint density at radius 1 is 1.05 bits per heavy atom. The predicted molar refractivity (Wildman–Crippen MR) is 151 cm³/mol. The molecule has 0 unspecified atom stereocenters. The summed E-state index contributed by atoms with van der Waals surface area (Å²) in [6.07, 6.45) is 0.425. The smallest absolute Gasteiger partial charge is 0.217 e. The van der Waals surface area contributed by atoms with Crippen molar-refractivity contribution in [3.8, 4) is 0 Å². The van der Waals surface area contributed by atoms with Crippen molar-refractivity contribution in [3.63, 3.8) is 0 Å². The highest BCUT2D eigenvalue weighted by Crippen LogP contribution is 2.74. The lowest BCUT2D eigenvalue weighted by Gasteiger charge is -2.64. The van der Waals surface area contributed by atoms with Crippen LogP contribution < -0.4 is 5.32 Å². The molecule has 4 aliphatic carbocycles. The molecule has 4 aliphatic rings. The Morgan fingerprint density at radius 2 is 1.63 bits per heavy atom. The van der Waals surface area contributed by atoms with Crippen molar-refractivity contribution >= 4 is 23.3 Å². The molecule has 10 atom stereocenters. The number of fused-ring (bicyclic) bond motifs is 5. The third-order valence-corrected chi connectivity index (χ3v) is 12.2. The molecule has 0 spiro atoms. The minimum Gasteiger partial charge on any atom is -0.393 e. The maximum Gasteiger partial charge on any atom is 0.217 e. The maximum atomic E-state index is 14.4. The van der Waals surface area contributed by atoms with Gasteiger partial charge in [0, 0.05) is 36.5 Å². The highest BCUT2D eigenvalue weighted by atomic mass is 16.3. The van der Waals surface area contributed by atoms with Crippen LogP contribution in [0.1, 0.15) is 94.4 Å². The summed E-state index contributed by atoms with van der Waals surface area (Å²) in [7, 11) is 0. The number of allylic oxidation sites excluding steroid dienone is 2. The first-order valence-corrected chi connectivity index (χ1v) is 14.9. The number of carbonyl (C=O) groups is 4. The fourth-order valence-electron chi connectivity index (χ4n) is 9.68. The quantitative estimate of drug-likeness (QED) is 0.302. The molecule has 3 saturated carbocycles. The molecular weight excluding hydrogens is 526 g/mol. The van der Waals surface area contributed by atoms with E-state index in [-0.39, 0.29) is 49.1 Å². The van der Waals surface area contributed by atoms with Crippen LogP contribution in [0.5, 0.6) is 0 Å². The van der Waals surface area contributed by atoms with Gasteiger partial charge in [-0.05, 0) is 76.5 Å². The normalized spacial score (nSPS) is 42.3. The van der Waals surface area contributed by atoms with Crippen LogP contribution in [0.15, 0.2) is 11.6 Å². The summed E-state index contributed by atoms with van der Waals surface area (Å²) in [6.45, 7) is 15.1. The molecule has 3 fully saturated rings. The number of ketones is 3. The maximum absolute atomic E-state index is 14.4. The molecule has 0 aliphatic heterocycles. The summed E-state index contributed by atoms with van der Waals surface area (Å²) >= 11 is 0. The van der Waals surface area contributed by atoms with Gasteiger partial charge in [-0.15, -0.1) is 0 Å². The van der Waals surface area contributed by atoms with Crippen molar-refractivity contribution in [1.82, 2.24) is 5.32 Å². The van der Waals surface area contributed by atoms with Crippen LogP contribution >= 0.6 is 0 Å². The van der Waals surface area contributed by atoms with Gasteiger partial charge < -0.3 is 25.7 Å². The van der Waals surface area contributed by atoms with E-state index in [1.54, 1.807) is 13.8 Å². The zero-order chi connectivity index (χ0) is 31.3. The van der Waals surface area contributed by atoms with E-state index in [4.69, 9.17) is 0 Å². The number of nitrogens with one attached hydrogen (secondary N) is 1. The third kappa shape index (κ3) is 4.40. The number of rotatable bonds is 6. The first-order valence-electron chi connectivity index (χ1n) is 14.9. The van der Waals surface area contributed by atoms with Gasteiger partial charge in [0.05, 0.1) is 17.7 Å². The van der Waals surface area contributed by atoms with Gasteiger partial charge in [-0.3, -0.25) is 19.2 Å². The molecule has 0 aromatic carbocycles. The Hall–Kier alpha value is -1.94. The van der Waals surface area contributed by atoms with Crippen molar-refractivity contribution in [2.24, 2.45) is 39.4 Å². The zero-order valence-electron chi connectivity index (χ0n) is 26.0. The fourth-order valence-corrected chi connectivity index (χ4v) is 9.68. The lowest BCUT2D eigenvalue weighted by atomic mass is 9.38. The van der Waals surface area contributed by atoms with Gasteiger partial charge >= 0.3 is 0 Å². The van der Waals surface area contributed by atoms with Crippen molar-refractivity contribution in [3.05, 3.63) is 11.6 Å². The van der Waals surface area contributed by atoms with E-state index in [9.17, 15) is 39.6 Å². The Kier molecular flexibility index (Phi) is 7.43. The first-order chi connectivity index (χ1) is 18.5. The monoisotopic (exact) mass is 575 g/mol. The second-order valence-corrected chi connectivity index (χ2v) is 15.4. The highest BCUT2D eigenvalue weighted by molar-refractivity contribution is 5.95. The number of carbonyl (C=O) groups excluding carboxylic acids is 4. The molecule has 4 rings (SSSR count). The summed E-state index contributed by atoms with van der Waals surface area (Å²) in [5, 5.41) is 47.4. The molecule has 0 bridgehead atoms. The molecule has 9 heteroatoms. The van der Waals surface area contributed by atoms with E-state index in [0.717, 1.165) is 5.57 Å². The van der Waals surface area contributed by atoms with Gasteiger partial charge in [-0.25, -0.2) is 0 Å². The number of hydrogen-bond acceptors (Lipinski definition) is 8. The summed E-state index contributed by atoms with van der Waals surface area (Å²) in [5.74, 6) is -2.90. The summed E-state index contributed by atoms with van der Waals surface area (Å²) < 4.78 is 0. The summed E-state index contributed by atoms with van der Waals surface area (Å²) in [4.78, 5) is 52.8. The van der Waals surface area contributed by atoms with E-state index in [1.807, 2.05) is 20.8 Å². The lowest BCUT2D eigenvalue weighted by Crippen LogP contribution is -2.65. The summed E-state index contributed by atoms with van der Waals surface area (Å²) in [5.41, 5.74) is -5.99. The van der Waals surface area contributed by atoms with Crippen LogP contribution in [0.4, 0.5) is 0 Å². The Labute approximate surface area is 243 Å². The summed E-state index contributed by atoms with van der Waals surface area (Å²) in [6, 6.07) is -0.960. The number of hydrogen-bond donors (Lipinski definition) is 5. The number of aliphatic hydroxyl groups is 4. The number of amides is 1. The van der Waals surface area contributed by atoms with Crippen LogP contribution in [0.25, 0.3) is 0 Å². The molecule has 5 N–H and O–H groups in total. The molecular formula is C32H49NO8. The van der Waals surface area contributed by atoms with Gasteiger partial charge in [0.2, 0.25) is 5.91 Å². The van der Waals surface area contributed by atoms with Crippen molar-refractivity contribution < 1.29 is 39.6 Å². The zero-order valence-corrected chi connectivity index (χ0v) is 26.0. The highest BCUT2D eigenvalue weighted by Gasteiger charge is 2.74. The molecule has 0 aromatic rings. The second kappa shape index (κ2) is 9.53. The van der Waals surface area contributed by atoms with Crippen molar-refractivity contribution in [2.75, 3.05) is 0 Å². The molecule has 0 heterocycles. The topological polar surface area (TPSA) is 161 Å². The van der Waals surface area contributed by atoms with Crippen LogP contribution in [-0.2, 0) is 19.2 Å². The molecule has 9 nitrogen and oxygen atoms in total. The lowest BCUT2D eigenvalue weighted by molar-refractivity contribution is -0.185. The van der Waals surface area contributed by atoms with E-state index in [0.29, 0.717) is 6.42 Å². The molecule has 41 heavy (non-hydrogen) atoms.